The Bertz CT molecular complexity index is 1540. The number of hydrogen-bond donors (Lipinski definition) is 3. The van der Waals surface area contributed by atoms with E-state index in [1.165, 1.54) is 12.3 Å². The topological polar surface area (TPSA) is 108 Å². The molecular formula is C25H18F4N4O3S. The molecule has 0 saturated carbocycles. The number of nitrogens with zero attached hydrogens (tertiary/aromatic N) is 3. The summed E-state index contributed by atoms with van der Waals surface area (Å²) in [5, 5.41) is 23.7. The first-order chi connectivity index (χ1) is 17.4. The van der Waals surface area contributed by atoms with Gasteiger partial charge in [0.15, 0.2) is 0 Å². The summed E-state index contributed by atoms with van der Waals surface area (Å²) in [5.41, 5.74) is -0.861. The van der Waals surface area contributed by atoms with Gasteiger partial charge in [0, 0.05) is 12.4 Å². The number of benzene rings is 1. The molecule has 0 aliphatic heterocycles. The molecule has 0 amide bonds. The zero-order valence-corrected chi connectivity index (χ0v) is 19.9. The fourth-order valence-corrected chi connectivity index (χ4v) is 5.30. The van der Waals surface area contributed by atoms with Crippen molar-refractivity contribution in [1.29, 1.82) is 0 Å². The van der Waals surface area contributed by atoms with Gasteiger partial charge in [0.2, 0.25) is 0 Å². The number of aromatic nitrogens is 3. The van der Waals surface area contributed by atoms with Crippen LogP contribution in [0, 0.1) is 12.7 Å². The molecule has 0 bridgehead atoms. The third kappa shape index (κ3) is 4.65. The number of alkyl halides is 3. The summed E-state index contributed by atoms with van der Waals surface area (Å²) in [6, 6.07) is 7.45. The summed E-state index contributed by atoms with van der Waals surface area (Å²) in [5.74, 6) is -2.08. The third-order valence-corrected chi connectivity index (χ3v) is 7.22. The molecule has 0 saturated heterocycles. The van der Waals surface area contributed by atoms with Crippen molar-refractivity contribution < 1.29 is 32.6 Å². The van der Waals surface area contributed by atoms with Gasteiger partial charge in [-0.25, -0.2) is 24.1 Å². The molecule has 5 rings (SSSR count). The molecule has 3 N–H and O–H groups in total. The molecule has 1 unspecified atom stereocenters. The Labute approximate surface area is 211 Å². The monoisotopic (exact) mass is 530 g/mol. The predicted molar refractivity (Wildman–Crippen MR) is 127 cm³/mol. The summed E-state index contributed by atoms with van der Waals surface area (Å²) in [4.78, 5) is 24.6. The smallest absolute Gasteiger partial charge is 0.416 e. The molecule has 1 aliphatic carbocycles. The van der Waals surface area contributed by atoms with Crippen LogP contribution in [0.2, 0.25) is 0 Å². The van der Waals surface area contributed by atoms with E-state index in [0.29, 0.717) is 27.6 Å². The van der Waals surface area contributed by atoms with E-state index in [-0.39, 0.29) is 23.6 Å². The van der Waals surface area contributed by atoms with E-state index in [0.717, 1.165) is 41.3 Å². The summed E-state index contributed by atoms with van der Waals surface area (Å²) in [7, 11) is 0. The van der Waals surface area contributed by atoms with Crippen LogP contribution < -0.4 is 5.32 Å². The first-order valence-electron chi connectivity index (χ1n) is 11.0. The van der Waals surface area contributed by atoms with Crippen LogP contribution in [0.1, 0.15) is 44.0 Å². The SMILES string of the molecule is Cc1cc(Nc2cc(C(F)(F)F)ccn2)nc(-c2cnc(C3(O)CCc4cc(C(=O)O)c(F)cc43)s2)c1. The van der Waals surface area contributed by atoms with Gasteiger partial charge in [-0.05, 0) is 72.9 Å². The number of hydrogen-bond acceptors (Lipinski definition) is 7. The van der Waals surface area contributed by atoms with Crippen molar-refractivity contribution in [2.24, 2.45) is 0 Å². The largest absolute Gasteiger partial charge is 0.478 e. The van der Waals surface area contributed by atoms with Crippen LogP contribution in [0.5, 0.6) is 0 Å². The average molecular weight is 531 g/mol. The minimum Gasteiger partial charge on any atom is -0.478 e. The molecule has 190 valence electrons. The Balaban J connectivity index is 1.46. The molecule has 37 heavy (non-hydrogen) atoms. The van der Waals surface area contributed by atoms with Crippen LogP contribution in [-0.2, 0) is 18.2 Å². The van der Waals surface area contributed by atoms with Crippen molar-refractivity contribution in [3.05, 3.63) is 87.4 Å². The molecule has 3 heterocycles. The number of aryl methyl sites for hydroxylation is 2. The number of nitrogens with one attached hydrogen (secondary N) is 1. The minimum absolute atomic E-state index is 0.0245. The molecule has 1 atom stereocenters. The number of halogens is 4. The van der Waals surface area contributed by atoms with Crippen LogP contribution in [0.15, 0.2) is 48.8 Å². The zero-order valence-electron chi connectivity index (χ0n) is 19.1. The van der Waals surface area contributed by atoms with Gasteiger partial charge < -0.3 is 15.5 Å². The number of anilines is 2. The van der Waals surface area contributed by atoms with Gasteiger partial charge in [-0.2, -0.15) is 13.2 Å². The zero-order chi connectivity index (χ0) is 26.5. The van der Waals surface area contributed by atoms with Crippen LogP contribution in [0.3, 0.4) is 0 Å². The quantitative estimate of drug-likeness (QED) is 0.285. The number of rotatable bonds is 5. The summed E-state index contributed by atoms with van der Waals surface area (Å²) in [6.45, 7) is 1.79. The summed E-state index contributed by atoms with van der Waals surface area (Å²) in [6.07, 6.45) is -1.40. The molecule has 0 fully saturated rings. The van der Waals surface area contributed by atoms with Gasteiger partial charge in [-0.15, -0.1) is 11.3 Å². The molecular weight excluding hydrogens is 512 g/mol. The lowest BCUT2D eigenvalue weighted by molar-refractivity contribution is -0.137. The van der Waals surface area contributed by atoms with E-state index in [2.05, 4.69) is 20.3 Å². The lowest BCUT2D eigenvalue weighted by Crippen LogP contribution is -2.24. The second-order valence-electron chi connectivity index (χ2n) is 8.65. The molecule has 1 aromatic carbocycles. The summed E-state index contributed by atoms with van der Waals surface area (Å²) >= 11 is 1.14. The number of carbonyl (C=O) groups is 1. The Hall–Kier alpha value is -3.90. The maximum absolute atomic E-state index is 14.4. The number of pyridine rings is 2. The van der Waals surface area contributed by atoms with Crippen LogP contribution in [0.4, 0.5) is 29.2 Å². The predicted octanol–water partition coefficient (Wildman–Crippen LogP) is 5.69. The third-order valence-electron chi connectivity index (χ3n) is 6.05. The molecule has 7 nitrogen and oxygen atoms in total. The number of aromatic carboxylic acids is 1. The van der Waals surface area contributed by atoms with Gasteiger partial charge in [-0.1, -0.05) is 0 Å². The second kappa shape index (κ2) is 8.89. The summed E-state index contributed by atoms with van der Waals surface area (Å²) < 4.78 is 53.5. The van der Waals surface area contributed by atoms with Gasteiger partial charge in [0.1, 0.15) is 28.1 Å². The van der Waals surface area contributed by atoms with Crippen LogP contribution >= 0.6 is 11.3 Å². The average Bonchev–Trinajstić information content (AvgIpc) is 3.44. The molecule has 3 aromatic heterocycles. The van der Waals surface area contributed by atoms with Crippen LogP contribution in [-0.4, -0.2) is 31.1 Å². The maximum atomic E-state index is 14.4. The van der Waals surface area contributed by atoms with Crippen LogP contribution in [0.25, 0.3) is 10.6 Å². The molecule has 0 radical (unpaired) electrons. The van der Waals surface area contributed by atoms with E-state index >= 15 is 0 Å². The highest BCUT2D eigenvalue weighted by Crippen LogP contribution is 2.45. The Morgan fingerprint density at radius 1 is 1.14 bits per heavy atom. The van der Waals surface area contributed by atoms with Crippen molar-refractivity contribution in [1.82, 2.24) is 15.0 Å². The number of carboxylic acids is 1. The Morgan fingerprint density at radius 2 is 1.92 bits per heavy atom. The normalized spacial score (nSPS) is 17.0. The molecule has 0 spiro atoms. The number of thiazole rings is 1. The van der Waals surface area contributed by atoms with Crippen molar-refractivity contribution in [3.63, 3.8) is 0 Å². The fourth-order valence-electron chi connectivity index (χ4n) is 4.29. The molecule has 12 heteroatoms. The number of carboxylic acid groups (broad SMARTS) is 1. The van der Waals surface area contributed by atoms with Crippen molar-refractivity contribution in [2.75, 3.05) is 5.32 Å². The molecule has 1 aliphatic rings. The fraction of sp³-hybridized carbons (Fsp3) is 0.200. The number of fused-ring (bicyclic) bond motifs is 1. The van der Waals surface area contributed by atoms with Crippen molar-refractivity contribution in [2.45, 2.75) is 31.5 Å². The highest BCUT2D eigenvalue weighted by Gasteiger charge is 2.42. The van der Waals surface area contributed by atoms with E-state index in [1.54, 1.807) is 19.1 Å². The van der Waals surface area contributed by atoms with Gasteiger partial charge >= 0.3 is 12.1 Å². The van der Waals surface area contributed by atoms with E-state index in [9.17, 15) is 32.6 Å². The Morgan fingerprint density at radius 3 is 2.65 bits per heavy atom. The van der Waals surface area contributed by atoms with E-state index in [1.807, 2.05) is 0 Å². The van der Waals surface area contributed by atoms with Gasteiger partial charge in [-0.3, -0.25) is 0 Å². The highest BCUT2D eigenvalue weighted by atomic mass is 32.1. The lowest BCUT2D eigenvalue weighted by Gasteiger charge is -2.21. The van der Waals surface area contributed by atoms with E-state index in [4.69, 9.17) is 0 Å². The van der Waals surface area contributed by atoms with E-state index < -0.39 is 34.7 Å². The first kappa shape index (κ1) is 24.8. The maximum Gasteiger partial charge on any atom is 0.416 e. The highest BCUT2D eigenvalue weighted by molar-refractivity contribution is 7.15. The van der Waals surface area contributed by atoms with Crippen molar-refractivity contribution >= 4 is 28.9 Å². The number of aliphatic hydroxyl groups is 1. The molecule has 4 aromatic rings. The van der Waals surface area contributed by atoms with Gasteiger partial charge in [0.05, 0.1) is 21.7 Å². The lowest BCUT2D eigenvalue weighted by atomic mass is 9.95. The van der Waals surface area contributed by atoms with Crippen molar-refractivity contribution in [3.8, 4) is 10.6 Å². The standard InChI is InChI=1S/C25H18F4N4O3S/c1-12-6-18(32-21(7-12)33-20-9-14(3-5-30-20)25(27,28)29)19-11-31-23(37-19)24(36)4-2-13-8-15(22(34)35)17(26)10-16(13)24/h3,5-11,36H,2,4H2,1H3,(H,34,35)(H,30,32,33). The minimum atomic E-state index is -4.51. The first-order valence-corrected chi connectivity index (χ1v) is 11.8. The van der Waals surface area contributed by atoms with Gasteiger partial charge in [0.25, 0.3) is 0 Å². The second-order valence-corrected chi connectivity index (χ2v) is 9.68. The Kier molecular flexibility index (Phi) is 5.95.